The lowest BCUT2D eigenvalue weighted by Crippen LogP contribution is -2.40. The van der Waals surface area contributed by atoms with E-state index in [0.717, 1.165) is 0 Å². The maximum atomic E-state index is 11.7. The maximum Gasteiger partial charge on any atom is 0.270 e. The summed E-state index contributed by atoms with van der Waals surface area (Å²) in [7, 11) is 1.48. The first-order chi connectivity index (χ1) is 8.21. The highest BCUT2D eigenvalue weighted by molar-refractivity contribution is 5.92. The molecule has 1 aromatic heterocycles. The summed E-state index contributed by atoms with van der Waals surface area (Å²) in [5.74, 6) is -0.411. The third kappa shape index (κ3) is 3.83. The lowest BCUT2D eigenvalue weighted by atomic mass is 10.2. The Morgan fingerprint density at radius 2 is 2.47 bits per heavy atom. The zero-order valence-electron chi connectivity index (χ0n) is 9.38. The number of hydrogen-bond donors (Lipinski definition) is 2. The van der Waals surface area contributed by atoms with Crippen molar-refractivity contribution in [3.63, 3.8) is 0 Å². The van der Waals surface area contributed by atoms with Gasteiger partial charge in [0.05, 0.1) is 24.8 Å². The topological polar surface area (TPSA) is 95.2 Å². The zero-order valence-corrected chi connectivity index (χ0v) is 9.38. The first-order valence-electron chi connectivity index (χ1n) is 4.98. The molecule has 0 aromatic carbocycles. The van der Waals surface area contributed by atoms with E-state index in [1.165, 1.54) is 25.4 Å². The molecule has 0 aliphatic heterocycles. The van der Waals surface area contributed by atoms with Gasteiger partial charge >= 0.3 is 0 Å². The molecule has 0 saturated carbocycles. The van der Waals surface area contributed by atoms with Crippen molar-refractivity contribution in [3.05, 3.63) is 29.6 Å². The van der Waals surface area contributed by atoms with E-state index in [4.69, 9.17) is 15.1 Å². The summed E-state index contributed by atoms with van der Waals surface area (Å²) in [6.07, 6.45) is 1.32. The van der Waals surface area contributed by atoms with Gasteiger partial charge in [0.2, 0.25) is 0 Å². The lowest BCUT2D eigenvalue weighted by molar-refractivity contribution is 0.0835. The number of carbonyl (C=O) groups excluding carboxylic acids is 1. The number of hydrogen-bond acceptors (Lipinski definition) is 5. The summed E-state index contributed by atoms with van der Waals surface area (Å²) in [5, 5.41) is 20.1. The third-order valence-electron chi connectivity index (χ3n) is 2.05. The molecule has 0 bridgehead atoms. The fourth-order valence-electron chi connectivity index (χ4n) is 1.19. The number of ether oxygens (including phenoxy) is 1. The van der Waals surface area contributed by atoms with Crippen LogP contribution in [0.3, 0.4) is 0 Å². The van der Waals surface area contributed by atoms with E-state index in [-0.39, 0.29) is 18.9 Å². The second-order valence-corrected chi connectivity index (χ2v) is 3.35. The van der Waals surface area contributed by atoms with Crippen LogP contribution in [0, 0.1) is 11.3 Å². The van der Waals surface area contributed by atoms with Gasteiger partial charge < -0.3 is 15.2 Å². The van der Waals surface area contributed by atoms with E-state index < -0.39 is 11.9 Å². The quantitative estimate of drug-likeness (QED) is 0.730. The minimum Gasteiger partial charge on any atom is -0.394 e. The van der Waals surface area contributed by atoms with Crippen molar-refractivity contribution < 1.29 is 14.6 Å². The number of aliphatic hydroxyl groups is 1. The highest BCUT2D eigenvalue weighted by Crippen LogP contribution is 1.99. The monoisotopic (exact) mass is 235 g/mol. The predicted molar refractivity (Wildman–Crippen MR) is 59.2 cm³/mol. The van der Waals surface area contributed by atoms with Crippen LogP contribution in [0.4, 0.5) is 0 Å². The van der Waals surface area contributed by atoms with Crippen LogP contribution in [0.25, 0.3) is 0 Å². The van der Waals surface area contributed by atoms with Gasteiger partial charge in [-0.25, -0.2) is 4.98 Å². The Kier molecular flexibility index (Phi) is 5.07. The molecule has 1 heterocycles. The predicted octanol–water partition coefficient (Wildman–Crippen LogP) is -0.310. The van der Waals surface area contributed by atoms with Crippen molar-refractivity contribution in [2.45, 2.75) is 6.04 Å². The van der Waals surface area contributed by atoms with Gasteiger partial charge in [-0.1, -0.05) is 0 Å². The number of carbonyl (C=O) groups is 1. The summed E-state index contributed by atoms with van der Waals surface area (Å²) in [6, 6.07) is 4.40. The number of nitriles is 1. The molecule has 1 amide bonds. The minimum absolute atomic E-state index is 0.193. The number of aliphatic hydroxyl groups excluding tert-OH is 1. The Morgan fingerprint density at radius 1 is 1.71 bits per heavy atom. The second kappa shape index (κ2) is 6.58. The largest absolute Gasteiger partial charge is 0.394 e. The molecule has 1 atom stereocenters. The van der Waals surface area contributed by atoms with Gasteiger partial charge in [0.15, 0.2) is 0 Å². The number of pyridine rings is 1. The molecule has 90 valence electrons. The van der Waals surface area contributed by atoms with Gasteiger partial charge in [0.25, 0.3) is 5.91 Å². The number of methoxy groups -OCH3 is 1. The van der Waals surface area contributed by atoms with Crippen LogP contribution in [-0.2, 0) is 4.74 Å². The number of nitrogens with one attached hydrogen (secondary N) is 1. The van der Waals surface area contributed by atoms with Gasteiger partial charge in [-0.05, 0) is 12.1 Å². The van der Waals surface area contributed by atoms with Crippen molar-refractivity contribution in [1.29, 1.82) is 5.26 Å². The van der Waals surface area contributed by atoms with Gasteiger partial charge in [-0.3, -0.25) is 4.79 Å². The smallest absolute Gasteiger partial charge is 0.270 e. The van der Waals surface area contributed by atoms with Crippen molar-refractivity contribution >= 4 is 5.91 Å². The number of rotatable bonds is 5. The normalized spacial score (nSPS) is 11.6. The number of aromatic nitrogens is 1. The Bertz CT molecular complexity index is 411. The average molecular weight is 235 g/mol. The van der Waals surface area contributed by atoms with Gasteiger partial charge in [0.1, 0.15) is 11.8 Å². The molecule has 0 radical (unpaired) electrons. The summed E-state index contributed by atoms with van der Waals surface area (Å²) >= 11 is 0. The zero-order chi connectivity index (χ0) is 12.7. The standard InChI is InChI=1S/C11H13N3O3/c1-17-7-9(6-15)14-11(16)10-3-2-8(4-12)5-13-10/h2-3,5,9,15H,6-7H2,1H3,(H,14,16). The van der Waals surface area contributed by atoms with E-state index in [1.807, 2.05) is 6.07 Å². The van der Waals surface area contributed by atoms with Gasteiger partial charge in [-0.15, -0.1) is 0 Å². The van der Waals surface area contributed by atoms with E-state index in [9.17, 15) is 4.79 Å². The Hall–Kier alpha value is -1.97. The molecule has 0 aliphatic carbocycles. The van der Waals surface area contributed by atoms with E-state index in [2.05, 4.69) is 10.3 Å². The summed E-state index contributed by atoms with van der Waals surface area (Å²) in [6.45, 7) is 0.00831. The van der Waals surface area contributed by atoms with Crippen LogP contribution in [0.2, 0.25) is 0 Å². The first-order valence-corrected chi connectivity index (χ1v) is 4.98. The van der Waals surface area contributed by atoms with Crippen molar-refractivity contribution in [2.24, 2.45) is 0 Å². The summed E-state index contributed by atoms with van der Waals surface area (Å²) in [4.78, 5) is 15.5. The minimum atomic E-state index is -0.468. The van der Waals surface area contributed by atoms with E-state index in [1.54, 1.807) is 0 Å². The molecule has 17 heavy (non-hydrogen) atoms. The van der Waals surface area contributed by atoms with Crippen molar-refractivity contribution in [3.8, 4) is 6.07 Å². The molecule has 1 unspecified atom stereocenters. The molecule has 1 aromatic rings. The Labute approximate surface area is 98.9 Å². The van der Waals surface area contributed by atoms with E-state index in [0.29, 0.717) is 5.56 Å². The molecule has 6 nitrogen and oxygen atoms in total. The molecule has 0 saturated heterocycles. The Balaban J connectivity index is 2.66. The lowest BCUT2D eigenvalue weighted by Gasteiger charge is -2.14. The van der Waals surface area contributed by atoms with Crippen LogP contribution in [-0.4, -0.2) is 42.4 Å². The van der Waals surface area contributed by atoms with Crippen molar-refractivity contribution in [1.82, 2.24) is 10.3 Å². The molecule has 6 heteroatoms. The molecule has 0 fully saturated rings. The molecule has 1 rings (SSSR count). The summed E-state index contributed by atoms with van der Waals surface area (Å²) in [5.41, 5.74) is 0.579. The first kappa shape index (κ1) is 13.1. The Morgan fingerprint density at radius 3 is 2.94 bits per heavy atom. The summed E-state index contributed by atoms with van der Waals surface area (Å²) < 4.78 is 4.83. The average Bonchev–Trinajstić information content (AvgIpc) is 2.38. The second-order valence-electron chi connectivity index (χ2n) is 3.35. The SMILES string of the molecule is COCC(CO)NC(=O)c1ccc(C#N)cn1. The molecular formula is C11H13N3O3. The molecular weight excluding hydrogens is 222 g/mol. The highest BCUT2D eigenvalue weighted by Gasteiger charge is 2.13. The van der Waals surface area contributed by atoms with Gasteiger partial charge in [0, 0.05) is 13.3 Å². The third-order valence-corrected chi connectivity index (χ3v) is 2.05. The molecule has 2 N–H and O–H groups in total. The highest BCUT2D eigenvalue weighted by atomic mass is 16.5. The fraction of sp³-hybridized carbons (Fsp3) is 0.364. The number of amides is 1. The van der Waals surface area contributed by atoms with Crippen LogP contribution in [0.15, 0.2) is 18.3 Å². The van der Waals surface area contributed by atoms with Crippen LogP contribution in [0.5, 0.6) is 0 Å². The van der Waals surface area contributed by atoms with Crippen LogP contribution < -0.4 is 5.32 Å². The number of nitrogens with zero attached hydrogens (tertiary/aromatic N) is 2. The maximum absolute atomic E-state index is 11.7. The van der Waals surface area contributed by atoms with Gasteiger partial charge in [-0.2, -0.15) is 5.26 Å². The fourth-order valence-corrected chi connectivity index (χ4v) is 1.19. The molecule has 0 aliphatic rings. The molecule has 0 spiro atoms. The van der Waals surface area contributed by atoms with Crippen LogP contribution >= 0.6 is 0 Å². The van der Waals surface area contributed by atoms with Crippen LogP contribution in [0.1, 0.15) is 16.1 Å². The van der Waals surface area contributed by atoms with E-state index >= 15 is 0 Å². The van der Waals surface area contributed by atoms with Crippen molar-refractivity contribution in [2.75, 3.05) is 20.3 Å².